The maximum Gasteiger partial charge on any atom is 0.0369 e. The maximum atomic E-state index is 2.55. The number of fused-ring (bicyclic) bond motifs is 2. The highest BCUT2D eigenvalue weighted by molar-refractivity contribution is 5.59. The summed E-state index contributed by atoms with van der Waals surface area (Å²) in [5.74, 6) is 0. The van der Waals surface area contributed by atoms with E-state index < -0.39 is 0 Å². The van der Waals surface area contributed by atoms with Gasteiger partial charge in [0.15, 0.2) is 0 Å². The van der Waals surface area contributed by atoms with Crippen molar-refractivity contribution in [2.24, 2.45) is 0 Å². The third kappa shape index (κ3) is 2.49. The molecule has 2 aromatic carbocycles. The Bertz CT molecular complexity index is 689. The molecule has 0 atom stereocenters. The van der Waals surface area contributed by atoms with E-state index in [2.05, 4.69) is 46.2 Å². The Hall–Kier alpha value is -1.96. The minimum atomic E-state index is 1.10. The molecule has 1 aliphatic carbocycles. The molecule has 124 valence electrons. The first-order valence-electron chi connectivity index (χ1n) is 9.60. The Morgan fingerprint density at radius 3 is 1.38 bits per heavy atom. The van der Waals surface area contributed by atoms with Crippen LogP contribution in [-0.4, -0.2) is 26.2 Å². The molecule has 3 aliphatic rings. The van der Waals surface area contributed by atoms with Crippen molar-refractivity contribution in [3.63, 3.8) is 0 Å². The van der Waals surface area contributed by atoms with E-state index in [1.807, 2.05) is 0 Å². The average Bonchev–Trinajstić information content (AvgIpc) is 3.32. The van der Waals surface area contributed by atoms with Crippen molar-refractivity contribution in [3.05, 3.63) is 58.7 Å². The molecule has 0 amide bonds. The van der Waals surface area contributed by atoms with Gasteiger partial charge >= 0.3 is 0 Å². The molecule has 5 rings (SSSR count). The van der Waals surface area contributed by atoms with Crippen LogP contribution in [0.2, 0.25) is 0 Å². The fraction of sp³-hybridized carbons (Fsp3) is 0.455. The van der Waals surface area contributed by atoms with Crippen molar-refractivity contribution in [3.8, 4) is 0 Å². The van der Waals surface area contributed by atoms with E-state index in [4.69, 9.17) is 0 Å². The van der Waals surface area contributed by atoms with Gasteiger partial charge < -0.3 is 9.80 Å². The van der Waals surface area contributed by atoms with E-state index in [-0.39, 0.29) is 0 Å². The maximum absolute atomic E-state index is 2.55. The SMILES string of the molecule is c1cc2c(cc1N1CCCC1)Cc1cc(N3CCCC3)ccc1C2. The zero-order chi connectivity index (χ0) is 15.9. The van der Waals surface area contributed by atoms with Gasteiger partial charge in [0.2, 0.25) is 0 Å². The van der Waals surface area contributed by atoms with Crippen molar-refractivity contribution in [1.29, 1.82) is 0 Å². The summed E-state index contributed by atoms with van der Waals surface area (Å²) in [5, 5.41) is 0. The molecule has 0 bridgehead atoms. The standard InChI is InChI=1S/C22H26N2/c1-2-10-23(9-1)21-7-5-17-13-18-6-8-22(24-11-3-4-12-24)16-20(18)14-19(17)15-21/h5-8,15-16H,1-4,9-14H2. The number of benzene rings is 2. The summed E-state index contributed by atoms with van der Waals surface area (Å²) in [7, 11) is 0. The van der Waals surface area contributed by atoms with Gasteiger partial charge in [0, 0.05) is 37.6 Å². The lowest BCUT2D eigenvalue weighted by Gasteiger charge is -2.26. The van der Waals surface area contributed by atoms with Gasteiger partial charge in [0.25, 0.3) is 0 Å². The first-order valence-corrected chi connectivity index (χ1v) is 9.60. The van der Waals surface area contributed by atoms with Crippen LogP contribution in [0.25, 0.3) is 0 Å². The number of hydrogen-bond acceptors (Lipinski definition) is 2. The van der Waals surface area contributed by atoms with Crippen molar-refractivity contribution in [2.75, 3.05) is 36.0 Å². The summed E-state index contributed by atoms with van der Waals surface area (Å²) in [5.41, 5.74) is 9.02. The highest BCUT2D eigenvalue weighted by atomic mass is 15.1. The van der Waals surface area contributed by atoms with Gasteiger partial charge in [-0.25, -0.2) is 0 Å². The molecular formula is C22H26N2. The second-order valence-corrected chi connectivity index (χ2v) is 7.65. The van der Waals surface area contributed by atoms with Gasteiger partial charge in [-0.1, -0.05) is 12.1 Å². The molecule has 2 heterocycles. The first kappa shape index (κ1) is 14.4. The van der Waals surface area contributed by atoms with E-state index in [1.54, 1.807) is 11.1 Å². The first-order chi connectivity index (χ1) is 11.9. The Morgan fingerprint density at radius 1 is 0.500 bits per heavy atom. The van der Waals surface area contributed by atoms with Crippen molar-refractivity contribution in [1.82, 2.24) is 0 Å². The fourth-order valence-corrected chi connectivity index (χ4v) is 4.65. The Balaban J connectivity index is 1.45. The average molecular weight is 318 g/mol. The summed E-state index contributed by atoms with van der Waals surface area (Å²) in [6.07, 6.45) is 7.59. The third-order valence-corrected chi connectivity index (χ3v) is 6.08. The molecule has 0 spiro atoms. The van der Waals surface area contributed by atoms with Crippen molar-refractivity contribution in [2.45, 2.75) is 38.5 Å². The smallest absolute Gasteiger partial charge is 0.0369 e. The summed E-state index contributed by atoms with van der Waals surface area (Å²) >= 11 is 0. The zero-order valence-electron chi connectivity index (χ0n) is 14.4. The van der Waals surface area contributed by atoms with Crippen LogP contribution in [0.1, 0.15) is 47.9 Å². The van der Waals surface area contributed by atoms with Gasteiger partial charge in [-0.15, -0.1) is 0 Å². The van der Waals surface area contributed by atoms with Crippen molar-refractivity contribution < 1.29 is 0 Å². The van der Waals surface area contributed by atoms with Crippen LogP contribution in [0.5, 0.6) is 0 Å². The molecule has 0 N–H and O–H groups in total. The highest BCUT2D eigenvalue weighted by Gasteiger charge is 2.20. The lowest BCUT2D eigenvalue weighted by Crippen LogP contribution is -2.19. The molecule has 2 saturated heterocycles. The highest BCUT2D eigenvalue weighted by Crippen LogP contribution is 2.33. The van der Waals surface area contributed by atoms with Gasteiger partial charge in [-0.2, -0.15) is 0 Å². The van der Waals surface area contributed by atoms with E-state index in [9.17, 15) is 0 Å². The molecule has 24 heavy (non-hydrogen) atoms. The van der Waals surface area contributed by atoms with E-state index in [1.165, 1.54) is 74.4 Å². The topological polar surface area (TPSA) is 6.48 Å². The predicted octanol–water partition coefficient (Wildman–Crippen LogP) is 4.38. The minimum Gasteiger partial charge on any atom is -0.372 e. The third-order valence-electron chi connectivity index (χ3n) is 6.08. The Morgan fingerprint density at radius 2 is 0.917 bits per heavy atom. The quantitative estimate of drug-likeness (QED) is 0.692. The van der Waals surface area contributed by atoms with E-state index in [0.29, 0.717) is 0 Å². The molecule has 2 aromatic rings. The monoisotopic (exact) mass is 318 g/mol. The Kier molecular flexibility index (Phi) is 3.50. The van der Waals surface area contributed by atoms with Crippen LogP contribution in [0.4, 0.5) is 11.4 Å². The van der Waals surface area contributed by atoms with Gasteiger partial charge in [0.1, 0.15) is 0 Å². The number of anilines is 2. The zero-order valence-corrected chi connectivity index (χ0v) is 14.4. The lowest BCUT2D eigenvalue weighted by molar-refractivity contribution is 0.940. The fourth-order valence-electron chi connectivity index (χ4n) is 4.65. The second kappa shape index (κ2) is 5.84. The summed E-state index contributed by atoms with van der Waals surface area (Å²) in [6, 6.07) is 14.4. The van der Waals surface area contributed by atoms with Gasteiger partial charge in [-0.05, 0) is 85.0 Å². The van der Waals surface area contributed by atoms with Crippen LogP contribution in [0.15, 0.2) is 36.4 Å². The molecule has 2 fully saturated rings. The number of nitrogens with zero attached hydrogens (tertiary/aromatic N) is 2. The van der Waals surface area contributed by atoms with Crippen LogP contribution in [-0.2, 0) is 12.8 Å². The second-order valence-electron chi connectivity index (χ2n) is 7.65. The van der Waals surface area contributed by atoms with Gasteiger partial charge in [-0.3, -0.25) is 0 Å². The summed E-state index contributed by atoms with van der Waals surface area (Å²) in [4.78, 5) is 5.10. The molecule has 0 radical (unpaired) electrons. The lowest BCUT2D eigenvalue weighted by atomic mass is 9.85. The molecule has 2 heteroatoms. The van der Waals surface area contributed by atoms with E-state index in [0.717, 1.165) is 12.8 Å². The molecule has 2 nitrogen and oxygen atoms in total. The molecule has 0 saturated carbocycles. The normalized spacial score (nSPS) is 19.5. The number of rotatable bonds is 2. The largest absolute Gasteiger partial charge is 0.372 e. The number of hydrogen-bond donors (Lipinski definition) is 0. The molecule has 0 aromatic heterocycles. The van der Waals surface area contributed by atoms with E-state index >= 15 is 0 Å². The van der Waals surface area contributed by atoms with Crippen molar-refractivity contribution >= 4 is 11.4 Å². The Labute approximate surface area is 145 Å². The minimum absolute atomic E-state index is 1.10. The van der Waals surface area contributed by atoms with Gasteiger partial charge in [0.05, 0.1) is 0 Å². The van der Waals surface area contributed by atoms with Crippen LogP contribution < -0.4 is 9.80 Å². The van der Waals surface area contributed by atoms with Crippen LogP contribution in [0.3, 0.4) is 0 Å². The summed E-state index contributed by atoms with van der Waals surface area (Å²) in [6.45, 7) is 4.92. The van der Waals surface area contributed by atoms with Crippen LogP contribution in [0, 0.1) is 0 Å². The molecular weight excluding hydrogens is 292 g/mol. The predicted molar refractivity (Wildman–Crippen MR) is 101 cm³/mol. The molecule has 2 aliphatic heterocycles. The summed E-state index contributed by atoms with van der Waals surface area (Å²) < 4.78 is 0. The van der Waals surface area contributed by atoms with Crippen LogP contribution >= 0.6 is 0 Å². The molecule has 0 unspecified atom stereocenters.